The fourth-order valence-electron chi connectivity index (χ4n) is 2.79. The Morgan fingerprint density at radius 2 is 1.84 bits per heavy atom. The van der Waals surface area contributed by atoms with E-state index in [0.717, 1.165) is 19.3 Å². The van der Waals surface area contributed by atoms with Crippen molar-refractivity contribution in [1.82, 2.24) is 10.6 Å². The van der Waals surface area contributed by atoms with E-state index in [9.17, 15) is 24.3 Å². The molecule has 1 rings (SSSR count). The van der Waals surface area contributed by atoms with Crippen LogP contribution in [0.5, 0.6) is 5.75 Å². The van der Waals surface area contributed by atoms with E-state index in [4.69, 9.17) is 14.9 Å². The predicted molar refractivity (Wildman–Crippen MR) is 111 cm³/mol. The lowest BCUT2D eigenvalue weighted by Crippen LogP contribution is -2.48. The number of ether oxygens (including phenoxy) is 1. The predicted octanol–water partition coefficient (Wildman–Crippen LogP) is 0.954. The van der Waals surface area contributed by atoms with Crippen LogP contribution in [0.15, 0.2) is 18.2 Å². The van der Waals surface area contributed by atoms with Gasteiger partial charge in [-0.1, -0.05) is 25.8 Å². The highest BCUT2D eigenvalue weighted by molar-refractivity contribution is 5.91. The largest absolute Gasteiger partial charge is 0.490 e. The van der Waals surface area contributed by atoms with Crippen LogP contribution >= 0.6 is 0 Å². The molecule has 2 amide bonds. The van der Waals surface area contributed by atoms with Crippen molar-refractivity contribution in [2.45, 2.75) is 51.5 Å². The molecule has 0 radical (unpaired) electrons. The zero-order chi connectivity index (χ0) is 23.2. The van der Waals surface area contributed by atoms with E-state index < -0.39 is 29.8 Å². The zero-order valence-corrected chi connectivity index (χ0v) is 17.6. The number of carbonyl (C=O) groups is 4. The van der Waals surface area contributed by atoms with Crippen LogP contribution in [0.25, 0.3) is 0 Å². The minimum atomic E-state index is -1.24. The molecule has 0 aromatic heterocycles. The fraction of sp³-hybridized carbons (Fsp3) is 0.524. The lowest BCUT2D eigenvalue weighted by molar-refractivity contribution is -0.139. The molecule has 1 aromatic rings. The third-order valence-electron chi connectivity index (χ3n) is 4.36. The van der Waals surface area contributed by atoms with Crippen molar-refractivity contribution in [2.75, 3.05) is 19.8 Å². The molecule has 172 valence electrons. The lowest BCUT2D eigenvalue weighted by atomic mass is 10.0. The minimum Gasteiger partial charge on any atom is -0.490 e. The number of unbranched alkanes of at least 4 members (excludes halogenated alkanes) is 2. The Kier molecular flexibility index (Phi) is 11.7. The molecule has 31 heavy (non-hydrogen) atoms. The molecule has 0 saturated carbocycles. The van der Waals surface area contributed by atoms with Gasteiger partial charge in [0, 0.05) is 19.4 Å². The van der Waals surface area contributed by atoms with E-state index in [-0.39, 0.29) is 43.8 Å². The van der Waals surface area contributed by atoms with Crippen LogP contribution in [0, 0.1) is 0 Å². The number of rotatable bonds is 15. The van der Waals surface area contributed by atoms with E-state index in [1.807, 2.05) is 6.92 Å². The second-order valence-corrected chi connectivity index (χ2v) is 6.92. The number of hydrogen-bond acceptors (Lipinski definition) is 6. The maximum atomic E-state index is 12.6. The van der Waals surface area contributed by atoms with Crippen molar-refractivity contribution in [2.24, 2.45) is 0 Å². The Balaban J connectivity index is 2.97. The summed E-state index contributed by atoms with van der Waals surface area (Å²) in [6, 6.07) is 3.35. The third kappa shape index (κ3) is 9.94. The summed E-state index contributed by atoms with van der Waals surface area (Å²) in [7, 11) is 0. The Morgan fingerprint density at radius 3 is 2.45 bits per heavy atom. The fourth-order valence-corrected chi connectivity index (χ4v) is 2.79. The topological polar surface area (TPSA) is 162 Å². The van der Waals surface area contributed by atoms with Crippen LogP contribution in [0.4, 0.5) is 0 Å². The van der Waals surface area contributed by atoms with Crippen molar-refractivity contribution in [3.63, 3.8) is 0 Å². The Hall–Kier alpha value is -3.14. The van der Waals surface area contributed by atoms with Gasteiger partial charge in [0.25, 0.3) is 0 Å². The SMILES string of the molecule is CCCCCNC(=O)[C@H](Cc1ccc(OCCO)c(C(=O)O)c1)NC(=O)CCC(=O)O. The summed E-state index contributed by atoms with van der Waals surface area (Å²) in [6.07, 6.45) is 2.07. The number of amides is 2. The standard InChI is InChI=1S/C21H30N2O8/c1-2-3-4-9-22-20(28)16(23-18(25)7-8-19(26)27)13-14-5-6-17(31-11-10-24)15(12-14)21(29)30/h5-6,12,16,24H,2-4,7-11,13H2,1H3,(H,22,28)(H,23,25)(H,26,27)(H,29,30)/t16-/m0/s1. The highest BCUT2D eigenvalue weighted by atomic mass is 16.5. The van der Waals surface area contributed by atoms with E-state index in [2.05, 4.69) is 10.6 Å². The molecule has 0 fully saturated rings. The van der Waals surface area contributed by atoms with Crippen molar-refractivity contribution in [1.29, 1.82) is 0 Å². The summed E-state index contributed by atoms with van der Waals surface area (Å²) < 4.78 is 5.21. The summed E-state index contributed by atoms with van der Waals surface area (Å²) in [5.41, 5.74) is 0.339. The summed E-state index contributed by atoms with van der Waals surface area (Å²) in [4.78, 5) is 46.9. The molecule has 0 bridgehead atoms. The monoisotopic (exact) mass is 438 g/mol. The Morgan fingerprint density at radius 1 is 1.10 bits per heavy atom. The van der Waals surface area contributed by atoms with Gasteiger partial charge >= 0.3 is 11.9 Å². The van der Waals surface area contributed by atoms with Crippen molar-refractivity contribution in [3.8, 4) is 5.75 Å². The molecule has 0 spiro atoms. The van der Waals surface area contributed by atoms with Crippen LogP contribution in [0.3, 0.4) is 0 Å². The number of carbonyl (C=O) groups excluding carboxylic acids is 2. The molecule has 0 aliphatic heterocycles. The number of aliphatic carboxylic acids is 1. The van der Waals surface area contributed by atoms with Crippen LogP contribution in [0.1, 0.15) is 54.9 Å². The van der Waals surface area contributed by atoms with Crippen LogP contribution in [0.2, 0.25) is 0 Å². The van der Waals surface area contributed by atoms with Gasteiger partial charge in [-0.15, -0.1) is 0 Å². The van der Waals surface area contributed by atoms with Crippen molar-refractivity contribution >= 4 is 23.8 Å². The number of nitrogens with one attached hydrogen (secondary N) is 2. The maximum Gasteiger partial charge on any atom is 0.339 e. The molecule has 10 nitrogen and oxygen atoms in total. The Bertz CT molecular complexity index is 766. The molecular formula is C21H30N2O8. The molecule has 0 aliphatic rings. The second kappa shape index (κ2) is 14.0. The highest BCUT2D eigenvalue weighted by Crippen LogP contribution is 2.21. The van der Waals surface area contributed by atoms with Crippen molar-refractivity contribution in [3.05, 3.63) is 29.3 Å². The van der Waals surface area contributed by atoms with Gasteiger partial charge in [-0.25, -0.2) is 4.79 Å². The smallest absolute Gasteiger partial charge is 0.339 e. The van der Waals surface area contributed by atoms with Gasteiger partial charge in [0.15, 0.2) is 0 Å². The second-order valence-electron chi connectivity index (χ2n) is 6.92. The van der Waals surface area contributed by atoms with Crippen LogP contribution in [-0.4, -0.2) is 64.9 Å². The van der Waals surface area contributed by atoms with Crippen LogP contribution < -0.4 is 15.4 Å². The number of aromatic carboxylic acids is 1. The Labute approximate surface area is 180 Å². The molecule has 0 saturated heterocycles. The number of aliphatic hydroxyl groups is 1. The van der Waals surface area contributed by atoms with E-state index in [1.54, 1.807) is 6.07 Å². The van der Waals surface area contributed by atoms with Crippen LogP contribution in [-0.2, 0) is 20.8 Å². The lowest BCUT2D eigenvalue weighted by Gasteiger charge is -2.19. The van der Waals surface area contributed by atoms with E-state index in [1.165, 1.54) is 12.1 Å². The van der Waals surface area contributed by atoms with Gasteiger partial charge in [0.05, 0.1) is 13.0 Å². The molecular weight excluding hydrogens is 408 g/mol. The van der Waals surface area contributed by atoms with E-state index >= 15 is 0 Å². The summed E-state index contributed by atoms with van der Waals surface area (Å²) >= 11 is 0. The first-order valence-corrected chi connectivity index (χ1v) is 10.2. The van der Waals surface area contributed by atoms with Gasteiger partial charge in [-0.3, -0.25) is 14.4 Å². The van der Waals surface area contributed by atoms with E-state index in [0.29, 0.717) is 12.1 Å². The highest BCUT2D eigenvalue weighted by Gasteiger charge is 2.22. The normalized spacial score (nSPS) is 11.4. The summed E-state index contributed by atoms with van der Waals surface area (Å²) in [5.74, 6) is -3.30. The summed E-state index contributed by atoms with van der Waals surface area (Å²) in [6.45, 7) is 2.12. The molecule has 1 aromatic carbocycles. The van der Waals surface area contributed by atoms with Gasteiger partial charge in [-0.2, -0.15) is 0 Å². The third-order valence-corrected chi connectivity index (χ3v) is 4.36. The maximum absolute atomic E-state index is 12.6. The minimum absolute atomic E-state index is 0.0129. The average molecular weight is 438 g/mol. The molecule has 5 N–H and O–H groups in total. The molecule has 0 unspecified atom stereocenters. The molecule has 1 atom stereocenters. The number of hydrogen-bond donors (Lipinski definition) is 5. The van der Waals surface area contributed by atoms with Crippen molar-refractivity contribution < 1.29 is 39.2 Å². The summed E-state index contributed by atoms with van der Waals surface area (Å²) in [5, 5.41) is 32.3. The van der Waals surface area contributed by atoms with Gasteiger partial charge in [0.2, 0.25) is 11.8 Å². The molecule has 0 heterocycles. The first-order valence-electron chi connectivity index (χ1n) is 10.2. The van der Waals surface area contributed by atoms with Gasteiger partial charge < -0.3 is 30.7 Å². The number of carboxylic acid groups (broad SMARTS) is 2. The molecule has 10 heteroatoms. The number of carboxylic acids is 2. The quantitative estimate of drug-likeness (QED) is 0.253. The number of aliphatic hydroxyl groups excluding tert-OH is 1. The van der Waals surface area contributed by atoms with Gasteiger partial charge in [0.1, 0.15) is 24.0 Å². The average Bonchev–Trinajstić information content (AvgIpc) is 2.73. The molecule has 0 aliphatic carbocycles. The zero-order valence-electron chi connectivity index (χ0n) is 17.6. The first kappa shape index (κ1) is 25.9. The first-order chi connectivity index (χ1) is 14.8. The number of benzene rings is 1. The van der Waals surface area contributed by atoms with Gasteiger partial charge in [-0.05, 0) is 24.1 Å².